The Morgan fingerprint density at radius 3 is 3.07 bits per heavy atom. The van der Waals surface area contributed by atoms with Crippen LogP contribution in [0, 0.1) is 0 Å². The predicted molar refractivity (Wildman–Crippen MR) is 53.2 cm³/mol. The second-order valence-electron chi connectivity index (χ2n) is 3.58. The Kier molecular flexibility index (Phi) is 1.50. The smallest absolute Gasteiger partial charge is 0.135 e. The van der Waals surface area contributed by atoms with Crippen molar-refractivity contribution in [2.45, 2.75) is 6.17 Å². The first-order chi connectivity index (χ1) is 6.84. The summed E-state index contributed by atoms with van der Waals surface area (Å²) in [5.41, 5.74) is 2.96. The summed E-state index contributed by atoms with van der Waals surface area (Å²) in [6.45, 7) is 0.984. The Morgan fingerprint density at radius 1 is 1.43 bits per heavy atom. The number of hydrogen-bond acceptors (Lipinski definition) is 2. The average Bonchev–Trinajstić information content (AvgIpc) is 2.60. The van der Waals surface area contributed by atoms with Crippen molar-refractivity contribution >= 4 is 16.7 Å². The van der Waals surface area contributed by atoms with Gasteiger partial charge < -0.3 is 9.88 Å². The highest BCUT2D eigenvalue weighted by atomic mass is 19.1. The summed E-state index contributed by atoms with van der Waals surface area (Å²) in [6.07, 6.45) is 0.991. The molecule has 1 aromatic carbocycles. The highest BCUT2D eigenvalue weighted by molar-refractivity contribution is 5.88. The molecule has 0 unspecified atom stereocenters. The molecule has 0 bridgehead atoms. The maximum Gasteiger partial charge on any atom is 0.135 e. The molecule has 0 radical (unpaired) electrons. The van der Waals surface area contributed by atoms with Crippen LogP contribution in [-0.2, 0) is 0 Å². The minimum atomic E-state index is -0.677. The number of aromatic amines is 1. The van der Waals surface area contributed by atoms with Crippen LogP contribution in [-0.4, -0.2) is 29.2 Å². The summed E-state index contributed by atoms with van der Waals surface area (Å²) in [7, 11) is 0. The molecule has 2 heterocycles. The van der Waals surface area contributed by atoms with Crippen LogP contribution in [0.5, 0.6) is 0 Å². The Morgan fingerprint density at radius 2 is 2.29 bits per heavy atom. The SMILES string of the molecule is FC1CN(c2cccc3[nH]cnc23)C1. The first-order valence-electron chi connectivity index (χ1n) is 4.66. The minimum absolute atomic E-state index is 0.492. The van der Waals surface area contributed by atoms with E-state index in [2.05, 4.69) is 9.97 Å². The lowest BCUT2D eigenvalue weighted by molar-refractivity contribution is 0.275. The molecule has 2 aromatic rings. The van der Waals surface area contributed by atoms with E-state index in [1.54, 1.807) is 6.33 Å². The monoisotopic (exact) mass is 191 g/mol. The Labute approximate surface area is 80.6 Å². The fraction of sp³-hybridized carbons (Fsp3) is 0.300. The second kappa shape index (κ2) is 2.70. The van der Waals surface area contributed by atoms with Gasteiger partial charge in [0.05, 0.1) is 30.6 Å². The van der Waals surface area contributed by atoms with Crippen molar-refractivity contribution in [3.05, 3.63) is 24.5 Å². The highest BCUT2D eigenvalue weighted by Crippen LogP contribution is 2.28. The van der Waals surface area contributed by atoms with E-state index in [-0.39, 0.29) is 0 Å². The third-order valence-corrected chi connectivity index (χ3v) is 2.61. The van der Waals surface area contributed by atoms with E-state index in [9.17, 15) is 4.39 Å². The van der Waals surface area contributed by atoms with Crippen LogP contribution in [0.2, 0.25) is 0 Å². The Bertz CT molecular complexity index is 459. The Hall–Kier alpha value is -1.58. The molecule has 1 saturated heterocycles. The quantitative estimate of drug-likeness (QED) is 0.744. The molecule has 0 saturated carbocycles. The van der Waals surface area contributed by atoms with E-state index in [0.717, 1.165) is 16.7 Å². The number of anilines is 1. The van der Waals surface area contributed by atoms with Gasteiger partial charge in [-0.1, -0.05) is 6.07 Å². The van der Waals surface area contributed by atoms with Crippen molar-refractivity contribution in [2.24, 2.45) is 0 Å². The standard InChI is InChI=1S/C10H10FN3/c11-7-4-14(5-7)9-3-1-2-8-10(9)13-6-12-8/h1-3,6-7H,4-5H2,(H,12,13). The van der Waals surface area contributed by atoms with E-state index < -0.39 is 6.17 Å². The normalized spacial score (nSPS) is 17.4. The van der Waals surface area contributed by atoms with Crippen LogP contribution < -0.4 is 4.90 Å². The predicted octanol–water partition coefficient (Wildman–Crippen LogP) is 1.72. The number of nitrogens with one attached hydrogen (secondary N) is 1. The van der Waals surface area contributed by atoms with Crippen molar-refractivity contribution in [3.8, 4) is 0 Å². The van der Waals surface area contributed by atoms with Crippen LogP contribution in [0.1, 0.15) is 0 Å². The van der Waals surface area contributed by atoms with Gasteiger partial charge >= 0.3 is 0 Å². The van der Waals surface area contributed by atoms with Gasteiger partial charge in [-0.15, -0.1) is 0 Å². The van der Waals surface area contributed by atoms with Crippen molar-refractivity contribution in [2.75, 3.05) is 18.0 Å². The molecule has 4 heteroatoms. The fourth-order valence-electron chi connectivity index (χ4n) is 1.83. The third kappa shape index (κ3) is 0.999. The minimum Gasteiger partial charge on any atom is -0.364 e. The van der Waals surface area contributed by atoms with Crippen LogP contribution >= 0.6 is 0 Å². The van der Waals surface area contributed by atoms with Gasteiger partial charge in [0.25, 0.3) is 0 Å². The molecular formula is C10H10FN3. The molecule has 1 aliphatic heterocycles. The lowest BCUT2D eigenvalue weighted by atomic mass is 10.1. The number of hydrogen-bond donors (Lipinski definition) is 1. The number of benzene rings is 1. The number of nitrogens with zero attached hydrogens (tertiary/aromatic N) is 2. The maximum atomic E-state index is 12.7. The highest BCUT2D eigenvalue weighted by Gasteiger charge is 2.27. The first kappa shape index (κ1) is 7.79. The van der Waals surface area contributed by atoms with Crippen LogP contribution in [0.3, 0.4) is 0 Å². The van der Waals surface area contributed by atoms with Crippen molar-refractivity contribution in [1.82, 2.24) is 9.97 Å². The van der Waals surface area contributed by atoms with Gasteiger partial charge in [-0.25, -0.2) is 9.37 Å². The molecule has 3 nitrogen and oxygen atoms in total. The number of para-hydroxylation sites is 1. The van der Waals surface area contributed by atoms with Crippen LogP contribution in [0.4, 0.5) is 10.1 Å². The summed E-state index contributed by atoms with van der Waals surface area (Å²) in [6, 6.07) is 5.91. The summed E-state index contributed by atoms with van der Waals surface area (Å²) in [5.74, 6) is 0. The second-order valence-corrected chi connectivity index (χ2v) is 3.58. The zero-order chi connectivity index (χ0) is 9.54. The molecule has 1 N–H and O–H groups in total. The molecule has 1 aliphatic rings. The zero-order valence-corrected chi connectivity index (χ0v) is 7.57. The molecule has 0 atom stereocenters. The van der Waals surface area contributed by atoms with E-state index >= 15 is 0 Å². The van der Waals surface area contributed by atoms with E-state index in [1.165, 1.54) is 0 Å². The van der Waals surface area contributed by atoms with Crippen LogP contribution in [0.25, 0.3) is 11.0 Å². The zero-order valence-electron chi connectivity index (χ0n) is 7.57. The summed E-state index contributed by atoms with van der Waals surface area (Å²) in [4.78, 5) is 9.28. The van der Waals surface area contributed by atoms with Crippen LogP contribution in [0.15, 0.2) is 24.5 Å². The summed E-state index contributed by atoms with van der Waals surface area (Å²) in [5, 5.41) is 0. The van der Waals surface area contributed by atoms with Gasteiger partial charge in [0.15, 0.2) is 0 Å². The molecule has 3 rings (SSSR count). The number of aromatic nitrogens is 2. The maximum absolute atomic E-state index is 12.7. The van der Waals surface area contributed by atoms with E-state index in [1.807, 2.05) is 23.1 Å². The van der Waals surface area contributed by atoms with E-state index in [0.29, 0.717) is 13.1 Å². The van der Waals surface area contributed by atoms with Crippen molar-refractivity contribution < 1.29 is 4.39 Å². The number of fused-ring (bicyclic) bond motifs is 1. The molecular weight excluding hydrogens is 181 g/mol. The number of alkyl halides is 1. The number of H-pyrrole nitrogens is 1. The van der Waals surface area contributed by atoms with Crippen molar-refractivity contribution in [3.63, 3.8) is 0 Å². The molecule has 72 valence electrons. The molecule has 0 aliphatic carbocycles. The van der Waals surface area contributed by atoms with Gasteiger partial charge in [-0.3, -0.25) is 0 Å². The van der Waals surface area contributed by atoms with Crippen molar-refractivity contribution in [1.29, 1.82) is 0 Å². The summed E-state index contributed by atoms with van der Waals surface area (Å²) < 4.78 is 12.7. The number of halogens is 1. The lowest BCUT2D eigenvalue weighted by Gasteiger charge is -2.36. The van der Waals surface area contributed by atoms with E-state index in [4.69, 9.17) is 0 Å². The molecule has 14 heavy (non-hydrogen) atoms. The van der Waals surface area contributed by atoms with Gasteiger partial charge in [0, 0.05) is 0 Å². The molecule has 0 spiro atoms. The number of imidazole rings is 1. The fourth-order valence-corrected chi connectivity index (χ4v) is 1.83. The largest absolute Gasteiger partial charge is 0.364 e. The van der Waals surface area contributed by atoms with Gasteiger partial charge in [0.2, 0.25) is 0 Å². The third-order valence-electron chi connectivity index (χ3n) is 2.61. The molecule has 1 fully saturated rings. The molecule has 0 amide bonds. The van der Waals surface area contributed by atoms with Gasteiger partial charge in [-0.2, -0.15) is 0 Å². The Balaban J connectivity index is 2.07. The first-order valence-corrected chi connectivity index (χ1v) is 4.66. The number of rotatable bonds is 1. The topological polar surface area (TPSA) is 31.9 Å². The molecule has 1 aromatic heterocycles. The average molecular weight is 191 g/mol. The van der Waals surface area contributed by atoms with Gasteiger partial charge in [0.1, 0.15) is 11.7 Å². The lowest BCUT2D eigenvalue weighted by Crippen LogP contribution is -2.48. The van der Waals surface area contributed by atoms with Gasteiger partial charge in [-0.05, 0) is 12.1 Å². The summed E-state index contributed by atoms with van der Waals surface area (Å²) >= 11 is 0.